The zero-order valence-electron chi connectivity index (χ0n) is 12.3. The topological polar surface area (TPSA) is 47.1 Å². The molecule has 4 nitrogen and oxygen atoms in total. The number of aryl methyl sites for hydroxylation is 1. The first kappa shape index (κ1) is 13.1. The van der Waals surface area contributed by atoms with Crippen LogP contribution >= 0.6 is 0 Å². The summed E-state index contributed by atoms with van der Waals surface area (Å²) in [6.07, 6.45) is 4.83. The maximum absolute atomic E-state index is 13.7. The SMILES string of the molecule is Cc1cc2c(cc1F)nc(N)n2C1CCN2CCCC2C1. The Balaban J connectivity index is 1.75. The third kappa shape index (κ3) is 2.02. The summed E-state index contributed by atoms with van der Waals surface area (Å²) in [5, 5.41) is 0. The number of rotatable bonds is 1. The van der Waals surface area contributed by atoms with E-state index in [-0.39, 0.29) is 5.82 Å². The number of halogens is 1. The Hall–Kier alpha value is -1.62. The molecule has 2 atom stereocenters. The number of anilines is 1. The largest absolute Gasteiger partial charge is 0.369 e. The molecule has 0 radical (unpaired) electrons. The van der Waals surface area contributed by atoms with Crippen molar-refractivity contribution in [2.45, 2.75) is 44.7 Å². The first-order valence-electron chi connectivity index (χ1n) is 7.81. The summed E-state index contributed by atoms with van der Waals surface area (Å²) in [7, 11) is 0. The number of hydrogen-bond donors (Lipinski definition) is 1. The fraction of sp³-hybridized carbons (Fsp3) is 0.562. The number of fused-ring (bicyclic) bond motifs is 2. The number of nitrogens with zero attached hydrogens (tertiary/aromatic N) is 3. The van der Waals surface area contributed by atoms with E-state index >= 15 is 0 Å². The number of hydrogen-bond acceptors (Lipinski definition) is 3. The van der Waals surface area contributed by atoms with E-state index in [0.717, 1.165) is 24.9 Å². The van der Waals surface area contributed by atoms with Crippen LogP contribution in [-0.4, -0.2) is 33.6 Å². The summed E-state index contributed by atoms with van der Waals surface area (Å²) in [5.74, 6) is 0.309. The van der Waals surface area contributed by atoms with Crippen LogP contribution in [0.15, 0.2) is 12.1 Å². The van der Waals surface area contributed by atoms with Crippen molar-refractivity contribution in [2.24, 2.45) is 0 Å². The van der Waals surface area contributed by atoms with Crippen LogP contribution in [0.1, 0.15) is 37.3 Å². The monoisotopic (exact) mass is 288 g/mol. The Morgan fingerprint density at radius 2 is 2.10 bits per heavy atom. The van der Waals surface area contributed by atoms with Gasteiger partial charge in [0.25, 0.3) is 0 Å². The van der Waals surface area contributed by atoms with Gasteiger partial charge in [-0.25, -0.2) is 9.37 Å². The molecule has 0 aliphatic carbocycles. The molecule has 2 fully saturated rings. The molecule has 2 aliphatic rings. The van der Waals surface area contributed by atoms with Crippen molar-refractivity contribution in [1.82, 2.24) is 14.5 Å². The van der Waals surface area contributed by atoms with Crippen LogP contribution in [0.25, 0.3) is 11.0 Å². The molecule has 3 heterocycles. The van der Waals surface area contributed by atoms with E-state index in [4.69, 9.17) is 5.73 Å². The molecule has 2 aliphatic heterocycles. The van der Waals surface area contributed by atoms with Gasteiger partial charge in [-0.1, -0.05) is 0 Å². The van der Waals surface area contributed by atoms with Crippen LogP contribution in [0.4, 0.5) is 10.3 Å². The molecule has 0 amide bonds. The number of nitrogen functional groups attached to an aromatic ring is 1. The first-order valence-corrected chi connectivity index (χ1v) is 7.81. The second kappa shape index (κ2) is 4.70. The summed E-state index contributed by atoms with van der Waals surface area (Å²) in [5.41, 5.74) is 8.44. The molecule has 2 unspecified atom stereocenters. The number of piperidine rings is 1. The molecule has 0 spiro atoms. The lowest BCUT2D eigenvalue weighted by Gasteiger charge is -2.35. The van der Waals surface area contributed by atoms with Crippen LogP contribution in [-0.2, 0) is 0 Å². The van der Waals surface area contributed by atoms with E-state index in [0.29, 0.717) is 29.1 Å². The second-order valence-electron chi connectivity index (χ2n) is 6.44. The van der Waals surface area contributed by atoms with Crippen molar-refractivity contribution in [1.29, 1.82) is 0 Å². The average Bonchev–Trinajstić information content (AvgIpc) is 3.02. The Bertz CT molecular complexity index is 693. The zero-order chi connectivity index (χ0) is 14.6. The van der Waals surface area contributed by atoms with Gasteiger partial charge < -0.3 is 15.2 Å². The van der Waals surface area contributed by atoms with E-state index in [2.05, 4.69) is 14.5 Å². The lowest BCUT2D eigenvalue weighted by molar-refractivity contribution is 0.158. The highest BCUT2D eigenvalue weighted by atomic mass is 19.1. The smallest absolute Gasteiger partial charge is 0.201 e. The van der Waals surface area contributed by atoms with Crippen molar-refractivity contribution >= 4 is 17.0 Å². The van der Waals surface area contributed by atoms with Gasteiger partial charge in [-0.15, -0.1) is 0 Å². The van der Waals surface area contributed by atoms with Gasteiger partial charge in [0.15, 0.2) is 0 Å². The molecular formula is C16H21FN4. The summed E-state index contributed by atoms with van der Waals surface area (Å²) < 4.78 is 15.8. The normalized spacial score (nSPS) is 26.4. The van der Waals surface area contributed by atoms with Gasteiger partial charge in [-0.05, 0) is 50.8 Å². The lowest BCUT2D eigenvalue weighted by Crippen LogP contribution is -2.38. The molecule has 0 saturated carbocycles. The van der Waals surface area contributed by atoms with Gasteiger partial charge in [0.2, 0.25) is 5.95 Å². The Kier molecular flexibility index (Phi) is 2.92. The van der Waals surface area contributed by atoms with Crippen molar-refractivity contribution in [3.8, 4) is 0 Å². The zero-order valence-corrected chi connectivity index (χ0v) is 12.3. The third-order valence-corrected chi connectivity index (χ3v) is 5.16. The Morgan fingerprint density at radius 1 is 1.24 bits per heavy atom. The van der Waals surface area contributed by atoms with Gasteiger partial charge in [-0.2, -0.15) is 0 Å². The minimum atomic E-state index is -0.210. The summed E-state index contributed by atoms with van der Waals surface area (Å²) in [6, 6.07) is 4.46. The molecule has 5 heteroatoms. The maximum Gasteiger partial charge on any atom is 0.201 e. The molecule has 112 valence electrons. The summed E-state index contributed by atoms with van der Waals surface area (Å²) in [4.78, 5) is 6.96. The number of aromatic nitrogens is 2. The van der Waals surface area contributed by atoms with Crippen molar-refractivity contribution in [3.05, 3.63) is 23.5 Å². The molecule has 1 aromatic carbocycles. The molecule has 1 aromatic heterocycles. The molecule has 2 aromatic rings. The molecule has 21 heavy (non-hydrogen) atoms. The standard InChI is InChI=1S/C16H21FN4/c1-10-7-15-14(9-13(10)17)19-16(18)21(15)12-4-6-20-5-2-3-11(20)8-12/h7,9,11-12H,2-6,8H2,1H3,(H2,18,19). The molecule has 0 bridgehead atoms. The van der Waals surface area contributed by atoms with Crippen LogP contribution in [0, 0.1) is 12.7 Å². The van der Waals surface area contributed by atoms with Gasteiger partial charge >= 0.3 is 0 Å². The fourth-order valence-electron chi connectivity index (χ4n) is 4.06. The first-order chi connectivity index (χ1) is 10.1. The van der Waals surface area contributed by atoms with E-state index in [9.17, 15) is 4.39 Å². The predicted molar refractivity (Wildman–Crippen MR) is 81.7 cm³/mol. The van der Waals surface area contributed by atoms with Crippen LogP contribution in [0.2, 0.25) is 0 Å². The van der Waals surface area contributed by atoms with E-state index in [1.165, 1.54) is 25.5 Å². The predicted octanol–water partition coefficient (Wildman–Crippen LogP) is 2.87. The van der Waals surface area contributed by atoms with Crippen molar-refractivity contribution in [2.75, 3.05) is 18.8 Å². The number of nitrogens with two attached hydrogens (primary N) is 1. The Morgan fingerprint density at radius 3 is 2.95 bits per heavy atom. The number of imidazole rings is 1. The molecular weight excluding hydrogens is 267 g/mol. The maximum atomic E-state index is 13.7. The fourth-order valence-corrected chi connectivity index (χ4v) is 4.06. The molecule has 4 rings (SSSR count). The summed E-state index contributed by atoms with van der Waals surface area (Å²) >= 11 is 0. The second-order valence-corrected chi connectivity index (χ2v) is 6.44. The van der Waals surface area contributed by atoms with Crippen LogP contribution < -0.4 is 5.73 Å². The van der Waals surface area contributed by atoms with E-state index < -0.39 is 0 Å². The number of benzene rings is 1. The Labute approximate surface area is 123 Å². The van der Waals surface area contributed by atoms with Crippen molar-refractivity contribution in [3.63, 3.8) is 0 Å². The molecule has 2 saturated heterocycles. The van der Waals surface area contributed by atoms with Crippen LogP contribution in [0.5, 0.6) is 0 Å². The highest BCUT2D eigenvalue weighted by Crippen LogP contribution is 2.36. The van der Waals surface area contributed by atoms with Gasteiger partial charge in [-0.3, -0.25) is 0 Å². The van der Waals surface area contributed by atoms with E-state index in [1.54, 1.807) is 6.92 Å². The molecule has 2 N–H and O–H groups in total. The van der Waals surface area contributed by atoms with Crippen molar-refractivity contribution < 1.29 is 4.39 Å². The highest BCUT2D eigenvalue weighted by molar-refractivity contribution is 5.79. The van der Waals surface area contributed by atoms with Crippen LogP contribution in [0.3, 0.4) is 0 Å². The van der Waals surface area contributed by atoms with Gasteiger partial charge in [0.05, 0.1) is 11.0 Å². The quantitative estimate of drug-likeness (QED) is 0.877. The summed E-state index contributed by atoms with van der Waals surface area (Å²) in [6.45, 7) is 4.17. The average molecular weight is 288 g/mol. The van der Waals surface area contributed by atoms with Gasteiger partial charge in [0.1, 0.15) is 5.82 Å². The van der Waals surface area contributed by atoms with Gasteiger partial charge in [0, 0.05) is 24.7 Å². The minimum absolute atomic E-state index is 0.210. The highest BCUT2D eigenvalue weighted by Gasteiger charge is 2.33. The minimum Gasteiger partial charge on any atom is -0.369 e. The third-order valence-electron chi connectivity index (χ3n) is 5.16. The van der Waals surface area contributed by atoms with E-state index in [1.807, 2.05) is 6.07 Å². The lowest BCUT2D eigenvalue weighted by atomic mass is 9.97.